The summed E-state index contributed by atoms with van der Waals surface area (Å²) in [6, 6.07) is 10.0. The summed E-state index contributed by atoms with van der Waals surface area (Å²) in [6.07, 6.45) is 5.44. The summed E-state index contributed by atoms with van der Waals surface area (Å²) in [5.41, 5.74) is 3.07. The number of hydrogen-bond donors (Lipinski definition) is 1. The van der Waals surface area contributed by atoms with E-state index in [1.807, 2.05) is 36.4 Å². The largest absolute Gasteiger partial charge is 1.00 e. The summed E-state index contributed by atoms with van der Waals surface area (Å²) in [4.78, 5) is 4.02. The van der Waals surface area contributed by atoms with Gasteiger partial charge in [0.1, 0.15) is 0 Å². The third-order valence-electron chi connectivity index (χ3n) is 2.36. The van der Waals surface area contributed by atoms with Crippen molar-refractivity contribution in [1.82, 2.24) is 0 Å². The van der Waals surface area contributed by atoms with Gasteiger partial charge in [0, 0.05) is 23.1 Å². The van der Waals surface area contributed by atoms with Crippen LogP contribution in [0, 0.1) is 0 Å². The summed E-state index contributed by atoms with van der Waals surface area (Å²) >= 11 is 0. The first-order valence-electron chi connectivity index (χ1n) is 4.73. The second kappa shape index (κ2) is 4.38. The molecule has 1 atom stereocenters. The molecule has 16 heavy (non-hydrogen) atoms. The zero-order valence-corrected chi connectivity index (χ0v) is 9.09. The van der Waals surface area contributed by atoms with Gasteiger partial charge in [0.15, 0.2) is 11.4 Å². The minimum atomic E-state index is 0. The monoisotopic (exact) mass is 232 g/mol. The molecule has 3 rings (SSSR count). The Morgan fingerprint density at radius 2 is 1.88 bits per heavy atom. The highest BCUT2D eigenvalue weighted by Gasteiger charge is 2.26. The predicted octanol–water partition coefficient (Wildman–Crippen LogP) is -1.82. The molecule has 2 aliphatic rings. The molecule has 0 amide bonds. The molecule has 1 N–H and O–H groups in total. The molecule has 4 nitrogen and oxygen atoms in total. The molecule has 0 spiro atoms. The van der Waals surface area contributed by atoms with Gasteiger partial charge in [0.25, 0.3) is 0 Å². The normalized spacial score (nSPS) is 20.9. The van der Waals surface area contributed by atoms with E-state index in [9.17, 15) is 0 Å². The van der Waals surface area contributed by atoms with Crippen LogP contribution in [-0.4, -0.2) is 6.34 Å². The number of nitrogens with one attached hydrogen (secondary N) is 1. The van der Waals surface area contributed by atoms with E-state index in [1.165, 1.54) is 0 Å². The molecule has 5 heteroatoms. The maximum absolute atomic E-state index is 4.18. The van der Waals surface area contributed by atoms with Crippen molar-refractivity contribution in [3.63, 3.8) is 0 Å². The Hall–Kier alpha value is -1.78. The molecular formula is C11H9ClN4. The molecule has 1 unspecified atom stereocenters. The van der Waals surface area contributed by atoms with Crippen LogP contribution in [0.4, 0.5) is 0 Å². The number of allylic oxidation sites excluding steroid dienone is 1. The molecule has 2 heterocycles. The molecule has 0 fully saturated rings. The second-order valence-corrected chi connectivity index (χ2v) is 3.31. The Morgan fingerprint density at radius 3 is 2.69 bits per heavy atom. The number of aliphatic imine (C=N–C) groups is 1. The smallest absolute Gasteiger partial charge is 0.221 e. The Bertz CT molecular complexity index is 502. The van der Waals surface area contributed by atoms with Gasteiger partial charge in [-0.05, 0) is 0 Å². The van der Waals surface area contributed by atoms with Gasteiger partial charge in [-0.25, -0.2) is 4.99 Å². The number of nitrogens with zero attached hydrogens (tertiary/aromatic N) is 3. The molecule has 2 aliphatic heterocycles. The van der Waals surface area contributed by atoms with Crippen molar-refractivity contribution in [2.75, 3.05) is 0 Å². The second-order valence-electron chi connectivity index (χ2n) is 3.31. The van der Waals surface area contributed by atoms with E-state index < -0.39 is 0 Å². The highest BCUT2D eigenvalue weighted by molar-refractivity contribution is 5.70. The highest BCUT2D eigenvalue weighted by Crippen LogP contribution is 2.21. The van der Waals surface area contributed by atoms with Crippen molar-refractivity contribution in [3.8, 4) is 0 Å². The van der Waals surface area contributed by atoms with Gasteiger partial charge < -0.3 is 12.4 Å². The summed E-state index contributed by atoms with van der Waals surface area (Å²) in [5, 5.41) is 9.10. The quantitative estimate of drug-likeness (QED) is 0.593. The third-order valence-corrected chi connectivity index (χ3v) is 2.36. The lowest BCUT2D eigenvalue weighted by Gasteiger charge is -2.03. The van der Waals surface area contributed by atoms with Crippen molar-refractivity contribution >= 4 is 12.0 Å². The fourth-order valence-electron chi connectivity index (χ4n) is 1.63. The number of quaternary nitrogens is 1. The minimum absolute atomic E-state index is 0. The average molecular weight is 233 g/mol. The third kappa shape index (κ3) is 1.68. The first-order valence-corrected chi connectivity index (χ1v) is 4.73. The summed E-state index contributed by atoms with van der Waals surface area (Å²) in [6.45, 7) is 0. The van der Waals surface area contributed by atoms with E-state index in [4.69, 9.17) is 0 Å². The summed E-state index contributed by atoms with van der Waals surface area (Å²) < 4.78 is 0. The molecule has 0 aliphatic carbocycles. The van der Waals surface area contributed by atoms with E-state index in [0.717, 1.165) is 22.0 Å². The van der Waals surface area contributed by atoms with Crippen LogP contribution >= 0.6 is 0 Å². The molecule has 80 valence electrons. The minimum Gasteiger partial charge on any atom is -1.00 e. The number of halogens is 1. The van der Waals surface area contributed by atoms with Gasteiger partial charge >= 0.3 is 0 Å². The van der Waals surface area contributed by atoms with Crippen LogP contribution in [0.15, 0.2) is 63.6 Å². The molecule has 0 radical (unpaired) electrons. The number of fused-ring (bicyclic) bond motifs is 1. The van der Waals surface area contributed by atoms with Crippen LogP contribution in [0.5, 0.6) is 0 Å². The highest BCUT2D eigenvalue weighted by atomic mass is 35.5. The number of benzene rings is 1. The summed E-state index contributed by atoms with van der Waals surface area (Å²) in [7, 11) is 0. The molecule has 0 bridgehead atoms. The van der Waals surface area contributed by atoms with Gasteiger partial charge in [-0.15, -0.1) is 5.01 Å². The van der Waals surface area contributed by atoms with Gasteiger partial charge in [0.05, 0.1) is 0 Å². The van der Waals surface area contributed by atoms with E-state index >= 15 is 0 Å². The van der Waals surface area contributed by atoms with Crippen LogP contribution in [0.2, 0.25) is 0 Å². The zero-order valence-electron chi connectivity index (χ0n) is 8.34. The average Bonchev–Trinajstić information content (AvgIpc) is 2.74. The van der Waals surface area contributed by atoms with Crippen molar-refractivity contribution in [1.29, 1.82) is 0 Å². The van der Waals surface area contributed by atoms with Gasteiger partial charge in [0.2, 0.25) is 6.34 Å². The first-order chi connectivity index (χ1) is 7.45. The predicted molar refractivity (Wildman–Crippen MR) is 56.8 cm³/mol. The van der Waals surface area contributed by atoms with Crippen LogP contribution in [-0.2, 0) is 0 Å². The lowest BCUT2D eigenvalue weighted by Crippen LogP contribution is -3.03. The molecule has 1 aromatic rings. The first kappa shape index (κ1) is 10.7. The van der Waals surface area contributed by atoms with Crippen molar-refractivity contribution in [2.45, 2.75) is 0 Å². The lowest BCUT2D eigenvalue weighted by atomic mass is 10.1. The van der Waals surface area contributed by atoms with Gasteiger partial charge in [-0.3, -0.25) is 0 Å². The van der Waals surface area contributed by atoms with Crippen LogP contribution < -0.4 is 17.4 Å². The van der Waals surface area contributed by atoms with Gasteiger partial charge in [-0.1, -0.05) is 35.4 Å². The van der Waals surface area contributed by atoms with Crippen LogP contribution in [0.25, 0.3) is 5.70 Å². The Morgan fingerprint density at radius 1 is 1.06 bits per heavy atom. The van der Waals surface area contributed by atoms with E-state index in [2.05, 4.69) is 15.3 Å². The number of rotatable bonds is 1. The Labute approximate surface area is 99.1 Å². The lowest BCUT2D eigenvalue weighted by molar-refractivity contribution is -0.759. The van der Waals surface area contributed by atoms with Crippen molar-refractivity contribution in [2.24, 2.45) is 15.3 Å². The van der Waals surface area contributed by atoms with E-state index in [1.54, 1.807) is 12.5 Å². The Balaban J connectivity index is 0.000000963. The van der Waals surface area contributed by atoms with Crippen molar-refractivity contribution in [3.05, 3.63) is 53.9 Å². The van der Waals surface area contributed by atoms with E-state index in [0.29, 0.717) is 0 Å². The van der Waals surface area contributed by atoms with Crippen LogP contribution in [0.1, 0.15) is 5.56 Å². The molecule has 1 aromatic carbocycles. The fraction of sp³-hybridized carbons (Fsp3) is 0. The van der Waals surface area contributed by atoms with Gasteiger partial charge in [-0.2, -0.15) is 0 Å². The SMILES string of the molecule is C1=CC2=C(c3ccccc3)N=N[NH+]2C=N1.[Cl-]. The maximum atomic E-state index is 4.18. The topological polar surface area (TPSA) is 41.5 Å². The molecular weight excluding hydrogens is 224 g/mol. The summed E-state index contributed by atoms with van der Waals surface area (Å²) in [5.74, 6) is 0. The molecule has 0 saturated carbocycles. The van der Waals surface area contributed by atoms with Crippen molar-refractivity contribution < 1.29 is 17.4 Å². The zero-order chi connectivity index (χ0) is 10.1. The number of hydrogen-bond acceptors (Lipinski definition) is 3. The van der Waals surface area contributed by atoms with Crippen LogP contribution in [0.3, 0.4) is 0 Å². The maximum Gasteiger partial charge on any atom is 0.221 e. The molecule has 0 aromatic heterocycles. The molecule has 0 saturated heterocycles. The standard InChI is InChI=1S/C11H8N4.ClH/c1-2-4-9(5-3-1)11-10-6-7-12-8-15(10)14-13-11;/h1-8H;1H. The fourth-order valence-corrected chi connectivity index (χ4v) is 1.63. The van der Waals surface area contributed by atoms with E-state index in [-0.39, 0.29) is 12.4 Å². The Kier molecular flexibility index (Phi) is 2.94.